The second-order valence-electron chi connectivity index (χ2n) is 7.74. The fourth-order valence-corrected chi connectivity index (χ4v) is 4.00. The van der Waals surface area contributed by atoms with Crippen molar-refractivity contribution in [3.05, 3.63) is 65.9 Å². The molecule has 3 heterocycles. The van der Waals surface area contributed by atoms with E-state index < -0.39 is 0 Å². The van der Waals surface area contributed by atoms with Crippen molar-refractivity contribution in [3.8, 4) is 22.4 Å². The van der Waals surface area contributed by atoms with Gasteiger partial charge in [0.1, 0.15) is 0 Å². The first-order valence-electron chi connectivity index (χ1n) is 10.4. The summed E-state index contributed by atoms with van der Waals surface area (Å²) in [6.07, 6.45) is 1.73. The second-order valence-corrected chi connectivity index (χ2v) is 7.74. The van der Waals surface area contributed by atoms with E-state index in [1.54, 1.807) is 18.1 Å². The van der Waals surface area contributed by atoms with E-state index in [4.69, 9.17) is 0 Å². The third-order valence-corrected chi connectivity index (χ3v) is 5.52. The SMILES string of the molecule is C.CCNC(=O)Nc1nc2c(-c3ccccn3)cc(-c3ccc4c(c3)C(=O)N(C)C4)cc2[nH]1. The fraction of sp³-hybridized carbons (Fsp3) is 0.200. The summed E-state index contributed by atoms with van der Waals surface area (Å²) in [5, 5.41) is 5.42. The third kappa shape index (κ3) is 4.03. The molecule has 1 aliphatic heterocycles. The molecule has 0 atom stereocenters. The number of rotatable bonds is 4. The van der Waals surface area contributed by atoms with Gasteiger partial charge in [0.2, 0.25) is 5.95 Å². The summed E-state index contributed by atoms with van der Waals surface area (Å²) >= 11 is 0. The monoisotopic (exact) mass is 442 g/mol. The molecule has 8 nitrogen and oxygen atoms in total. The van der Waals surface area contributed by atoms with Gasteiger partial charge < -0.3 is 15.2 Å². The van der Waals surface area contributed by atoms with Crippen LogP contribution in [0.25, 0.3) is 33.4 Å². The maximum atomic E-state index is 12.5. The average molecular weight is 443 g/mol. The molecule has 2 aromatic heterocycles. The predicted molar refractivity (Wildman–Crippen MR) is 130 cm³/mol. The Morgan fingerprint density at radius 3 is 2.70 bits per heavy atom. The number of carbonyl (C=O) groups is 2. The number of imidazole rings is 1. The van der Waals surface area contributed by atoms with Crippen LogP contribution in [-0.4, -0.2) is 45.4 Å². The molecule has 2 aromatic carbocycles. The number of urea groups is 1. The number of fused-ring (bicyclic) bond motifs is 2. The minimum atomic E-state index is -0.326. The number of benzene rings is 2. The molecule has 33 heavy (non-hydrogen) atoms. The Labute approximate surface area is 192 Å². The molecule has 0 unspecified atom stereocenters. The highest BCUT2D eigenvalue weighted by Gasteiger charge is 2.25. The van der Waals surface area contributed by atoms with E-state index in [9.17, 15) is 9.59 Å². The topological polar surface area (TPSA) is 103 Å². The highest BCUT2D eigenvalue weighted by Crippen LogP contribution is 2.34. The zero-order chi connectivity index (χ0) is 22.2. The molecular weight excluding hydrogens is 416 g/mol. The third-order valence-electron chi connectivity index (χ3n) is 5.52. The van der Waals surface area contributed by atoms with Gasteiger partial charge in [-0.05, 0) is 53.9 Å². The van der Waals surface area contributed by atoms with Crippen molar-refractivity contribution in [1.29, 1.82) is 0 Å². The molecule has 0 fully saturated rings. The lowest BCUT2D eigenvalue weighted by Gasteiger charge is -2.08. The standard InChI is InChI=1S/C24H22N6O2.CH4/c1-3-25-24(32)29-23-27-20-12-16(11-18(21(20)28-23)19-6-4-5-9-26-19)14-7-8-15-13-30(2)22(31)17(15)10-14;/h4-12H,3,13H2,1-2H3,(H3,25,27,28,29,32);1H4. The van der Waals surface area contributed by atoms with Crippen LogP contribution in [0.4, 0.5) is 10.7 Å². The summed E-state index contributed by atoms with van der Waals surface area (Å²) in [7, 11) is 1.81. The van der Waals surface area contributed by atoms with E-state index in [1.165, 1.54) is 0 Å². The van der Waals surface area contributed by atoms with E-state index in [-0.39, 0.29) is 19.4 Å². The largest absolute Gasteiger partial charge is 0.338 e. The molecule has 0 radical (unpaired) electrons. The minimum absolute atomic E-state index is 0. The molecule has 8 heteroatoms. The highest BCUT2D eigenvalue weighted by atomic mass is 16.2. The quantitative estimate of drug-likeness (QED) is 0.428. The van der Waals surface area contributed by atoms with Gasteiger partial charge in [0.05, 0.1) is 16.7 Å². The second kappa shape index (κ2) is 8.74. The molecule has 0 saturated carbocycles. The van der Waals surface area contributed by atoms with Crippen molar-refractivity contribution < 1.29 is 9.59 Å². The number of hydrogen-bond acceptors (Lipinski definition) is 4. The maximum absolute atomic E-state index is 12.5. The summed E-state index contributed by atoms with van der Waals surface area (Å²) in [5.74, 6) is 0.383. The summed E-state index contributed by atoms with van der Waals surface area (Å²) in [5.41, 5.74) is 6.69. The lowest BCUT2D eigenvalue weighted by Crippen LogP contribution is -2.28. The van der Waals surface area contributed by atoms with Crippen molar-refractivity contribution in [3.63, 3.8) is 0 Å². The van der Waals surface area contributed by atoms with E-state index in [1.807, 2.05) is 55.5 Å². The summed E-state index contributed by atoms with van der Waals surface area (Å²) in [6, 6.07) is 15.3. The number of H-pyrrole nitrogens is 1. The average Bonchev–Trinajstić information content (AvgIpc) is 3.33. The highest BCUT2D eigenvalue weighted by molar-refractivity contribution is 6.01. The zero-order valence-electron chi connectivity index (χ0n) is 17.8. The minimum Gasteiger partial charge on any atom is -0.338 e. The van der Waals surface area contributed by atoms with Crippen LogP contribution < -0.4 is 10.6 Å². The Bertz CT molecular complexity index is 1350. The van der Waals surface area contributed by atoms with Crippen molar-refractivity contribution in [2.24, 2.45) is 0 Å². The number of pyridine rings is 1. The van der Waals surface area contributed by atoms with Gasteiger partial charge in [-0.25, -0.2) is 9.78 Å². The molecule has 0 aliphatic carbocycles. The Balaban J connectivity index is 0.00000259. The van der Waals surface area contributed by atoms with E-state index in [0.717, 1.165) is 39.0 Å². The fourth-order valence-electron chi connectivity index (χ4n) is 4.00. The van der Waals surface area contributed by atoms with Crippen molar-refractivity contribution in [2.45, 2.75) is 20.9 Å². The number of anilines is 1. The van der Waals surface area contributed by atoms with Crippen LogP contribution in [0.2, 0.25) is 0 Å². The Morgan fingerprint density at radius 1 is 1.12 bits per heavy atom. The molecule has 0 saturated heterocycles. The first kappa shape index (κ1) is 22.0. The van der Waals surface area contributed by atoms with Crippen LogP contribution in [0.15, 0.2) is 54.7 Å². The van der Waals surface area contributed by atoms with E-state index >= 15 is 0 Å². The van der Waals surface area contributed by atoms with Crippen LogP contribution >= 0.6 is 0 Å². The Hall–Kier alpha value is -4.20. The molecule has 168 valence electrons. The van der Waals surface area contributed by atoms with Crippen molar-refractivity contribution in [1.82, 2.24) is 25.2 Å². The molecule has 3 amide bonds. The molecule has 1 aliphatic rings. The summed E-state index contributed by atoms with van der Waals surface area (Å²) in [4.78, 5) is 38.5. The van der Waals surface area contributed by atoms with Crippen molar-refractivity contribution >= 4 is 28.9 Å². The number of nitrogens with one attached hydrogen (secondary N) is 3. The molecule has 5 rings (SSSR count). The lowest BCUT2D eigenvalue weighted by molar-refractivity contribution is 0.0816. The van der Waals surface area contributed by atoms with Crippen LogP contribution in [0.1, 0.15) is 30.3 Å². The van der Waals surface area contributed by atoms with Gasteiger partial charge >= 0.3 is 6.03 Å². The van der Waals surface area contributed by atoms with Crippen molar-refractivity contribution in [2.75, 3.05) is 18.9 Å². The lowest BCUT2D eigenvalue weighted by atomic mass is 9.97. The number of aromatic amines is 1. The number of hydrogen-bond donors (Lipinski definition) is 3. The Morgan fingerprint density at radius 2 is 1.94 bits per heavy atom. The number of carbonyl (C=O) groups excluding carboxylic acids is 2. The molecule has 0 bridgehead atoms. The molecule has 4 aromatic rings. The molecule has 3 N–H and O–H groups in total. The molecular formula is C25H26N6O2. The van der Waals surface area contributed by atoms with Crippen LogP contribution in [0, 0.1) is 0 Å². The first-order valence-corrected chi connectivity index (χ1v) is 10.4. The number of amides is 3. The maximum Gasteiger partial charge on any atom is 0.321 e. The van der Waals surface area contributed by atoms with E-state index in [0.29, 0.717) is 24.6 Å². The van der Waals surface area contributed by atoms with Gasteiger partial charge in [0, 0.05) is 37.5 Å². The normalized spacial score (nSPS) is 12.4. The van der Waals surface area contributed by atoms with E-state index in [2.05, 4.69) is 25.6 Å². The van der Waals surface area contributed by atoms with Gasteiger partial charge in [0.15, 0.2) is 0 Å². The van der Waals surface area contributed by atoms with Gasteiger partial charge in [-0.15, -0.1) is 0 Å². The summed E-state index contributed by atoms with van der Waals surface area (Å²) < 4.78 is 0. The van der Waals surface area contributed by atoms with Gasteiger partial charge in [-0.3, -0.25) is 15.1 Å². The van der Waals surface area contributed by atoms with Crippen LogP contribution in [0.5, 0.6) is 0 Å². The number of nitrogens with zero attached hydrogens (tertiary/aromatic N) is 3. The van der Waals surface area contributed by atoms with Gasteiger partial charge in [0.25, 0.3) is 5.91 Å². The molecule has 0 spiro atoms. The predicted octanol–water partition coefficient (Wildman–Crippen LogP) is 4.66. The van der Waals surface area contributed by atoms with Gasteiger partial charge in [-0.1, -0.05) is 25.6 Å². The first-order chi connectivity index (χ1) is 15.5. The van der Waals surface area contributed by atoms with Crippen LogP contribution in [-0.2, 0) is 6.54 Å². The smallest absolute Gasteiger partial charge is 0.321 e. The van der Waals surface area contributed by atoms with Gasteiger partial charge in [-0.2, -0.15) is 0 Å². The zero-order valence-corrected chi connectivity index (χ0v) is 17.8. The Kier molecular flexibility index (Phi) is 5.83. The van der Waals surface area contributed by atoms with Crippen LogP contribution in [0.3, 0.4) is 0 Å². The number of aromatic nitrogens is 3. The summed E-state index contributed by atoms with van der Waals surface area (Å²) in [6.45, 7) is 2.99.